The van der Waals surface area contributed by atoms with Crippen LogP contribution in [0.3, 0.4) is 0 Å². The van der Waals surface area contributed by atoms with Gasteiger partial charge in [0.25, 0.3) is 0 Å². The lowest BCUT2D eigenvalue weighted by Crippen LogP contribution is -2.04. The lowest BCUT2D eigenvalue weighted by atomic mass is 9.98. The molecule has 20 heavy (non-hydrogen) atoms. The summed E-state index contributed by atoms with van der Waals surface area (Å²) >= 11 is 0. The van der Waals surface area contributed by atoms with Crippen molar-refractivity contribution in [3.8, 4) is 5.75 Å². The molecule has 0 aliphatic carbocycles. The summed E-state index contributed by atoms with van der Waals surface area (Å²) in [5, 5.41) is 14.0. The van der Waals surface area contributed by atoms with Crippen LogP contribution in [0, 0.1) is 0 Å². The Balaban J connectivity index is 1.89. The first-order valence-electron chi connectivity index (χ1n) is 7.06. The molecule has 0 spiro atoms. The highest BCUT2D eigenvalue weighted by atomic mass is 16.5. The van der Waals surface area contributed by atoms with Crippen molar-refractivity contribution in [2.75, 3.05) is 18.5 Å². The fourth-order valence-corrected chi connectivity index (χ4v) is 2.69. The highest BCUT2D eigenvalue weighted by Gasteiger charge is 2.19. The number of fused-ring (bicyclic) bond motifs is 1. The second-order valence-corrected chi connectivity index (χ2v) is 4.96. The minimum atomic E-state index is -0.605. The Morgan fingerprint density at radius 2 is 2.00 bits per heavy atom. The van der Waals surface area contributed by atoms with Crippen LogP contribution < -0.4 is 10.1 Å². The maximum atomic E-state index is 10.6. The van der Waals surface area contributed by atoms with E-state index in [2.05, 4.69) is 11.4 Å². The normalized spacial score (nSPS) is 14.5. The molecule has 104 valence electrons. The number of anilines is 1. The number of rotatable bonds is 4. The third-order valence-electron chi connectivity index (χ3n) is 3.68. The van der Waals surface area contributed by atoms with Crippen molar-refractivity contribution in [2.45, 2.75) is 19.4 Å². The van der Waals surface area contributed by atoms with Crippen molar-refractivity contribution in [1.29, 1.82) is 0 Å². The second-order valence-electron chi connectivity index (χ2n) is 4.96. The number of nitrogens with one attached hydrogen (secondary N) is 1. The Morgan fingerprint density at radius 3 is 2.75 bits per heavy atom. The molecular weight excluding hydrogens is 250 g/mol. The molecule has 3 heteroatoms. The van der Waals surface area contributed by atoms with Gasteiger partial charge in [0.2, 0.25) is 0 Å². The smallest absolute Gasteiger partial charge is 0.119 e. The quantitative estimate of drug-likeness (QED) is 0.896. The monoisotopic (exact) mass is 269 g/mol. The van der Waals surface area contributed by atoms with E-state index in [0.29, 0.717) is 6.61 Å². The van der Waals surface area contributed by atoms with Gasteiger partial charge in [-0.15, -0.1) is 0 Å². The standard InChI is InChI=1S/C17H19NO2/c1-2-20-14-8-6-13(7-9-14)17(19)15-5-3-4-12-10-11-18-16(12)15/h3-9,17-19H,2,10-11H2,1H3. The van der Waals surface area contributed by atoms with E-state index in [1.54, 1.807) is 0 Å². The van der Waals surface area contributed by atoms with Gasteiger partial charge in [-0.1, -0.05) is 30.3 Å². The predicted molar refractivity (Wildman–Crippen MR) is 80.3 cm³/mol. The van der Waals surface area contributed by atoms with E-state index < -0.39 is 6.10 Å². The molecule has 0 aromatic heterocycles. The van der Waals surface area contributed by atoms with E-state index in [-0.39, 0.29) is 0 Å². The van der Waals surface area contributed by atoms with Gasteiger partial charge in [-0.05, 0) is 36.6 Å². The Hall–Kier alpha value is -2.00. The number of hydrogen-bond acceptors (Lipinski definition) is 3. The second kappa shape index (κ2) is 5.55. The third-order valence-corrected chi connectivity index (χ3v) is 3.68. The minimum absolute atomic E-state index is 0.605. The molecule has 1 heterocycles. The van der Waals surface area contributed by atoms with E-state index in [0.717, 1.165) is 35.5 Å². The average Bonchev–Trinajstić information content (AvgIpc) is 2.96. The van der Waals surface area contributed by atoms with E-state index in [1.165, 1.54) is 5.56 Å². The maximum Gasteiger partial charge on any atom is 0.119 e. The van der Waals surface area contributed by atoms with Crippen molar-refractivity contribution in [2.24, 2.45) is 0 Å². The summed E-state index contributed by atoms with van der Waals surface area (Å²) in [6.45, 7) is 3.56. The van der Waals surface area contributed by atoms with Crippen molar-refractivity contribution in [1.82, 2.24) is 0 Å². The molecule has 0 fully saturated rings. The molecule has 3 rings (SSSR count). The van der Waals surface area contributed by atoms with Crippen molar-refractivity contribution < 1.29 is 9.84 Å². The lowest BCUT2D eigenvalue weighted by molar-refractivity contribution is 0.221. The summed E-state index contributed by atoms with van der Waals surface area (Å²) in [5.74, 6) is 0.833. The van der Waals surface area contributed by atoms with Gasteiger partial charge in [0.05, 0.1) is 6.61 Å². The van der Waals surface area contributed by atoms with Crippen molar-refractivity contribution in [3.63, 3.8) is 0 Å². The molecule has 1 aliphatic heterocycles. The molecular formula is C17H19NO2. The van der Waals surface area contributed by atoms with Crippen molar-refractivity contribution >= 4 is 5.69 Å². The molecule has 0 radical (unpaired) electrons. The Morgan fingerprint density at radius 1 is 1.20 bits per heavy atom. The molecule has 0 saturated heterocycles. The van der Waals surface area contributed by atoms with Gasteiger partial charge >= 0.3 is 0 Å². The number of para-hydroxylation sites is 1. The van der Waals surface area contributed by atoms with Crippen LogP contribution in [0.4, 0.5) is 5.69 Å². The molecule has 0 amide bonds. The van der Waals surface area contributed by atoms with Crippen LogP contribution in [0.25, 0.3) is 0 Å². The van der Waals surface area contributed by atoms with Crippen LogP contribution in [0.15, 0.2) is 42.5 Å². The zero-order valence-corrected chi connectivity index (χ0v) is 11.6. The molecule has 2 aromatic carbocycles. The summed E-state index contributed by atoms with van der Waals surface area (Å²) in [4.78, 5) is 0. The molecule has 0 bridgehead atoms. The van der Waals surface area contributed by atoms with Gasteiger partial charge < -0.3 is 15.2 Å². The van der Waals surface area contributed by atoms with Gasteiger partial charge in [-0.3, -0.25) is 0 Å². The first-order chi connectivity index (χ1) is 9.79. The zero-order valence-electron chi connectivity index (χ0n) is 11.6. The van der Waals surface area contributed by atoms with E-state index in [4.69, 9.17) is 4.74 Å². The zero-order chi connectivity index (χ0) is 13.9. The van der Waals surface area contributed by atoms with Crippen LogP contribution >= 0.6 is 0 Å². The number of hydrogen-bond donors (Lipinski definition) is 2. The Bertz CT molecular complexity index is 592. The molecule has 1 atom stereocenters. The topological polar surface area (TPSA) is 41.5 Å². The maximum absolute atomic E-state index is 10.6. The van der Waals surface area contributed by atoms with Crippen LogP contribution in [0.5, 0.6) is 5.75 Å². The fraction of sp³-hybridized carbons (Fsp3) is 0.294. The van der Waals surface area contributed by atoms with Crippen LogP contribution in [0.2, 0.25) is 0 Å². The number of aliphatic hydroxyl groups is 1. The van der Waals surface area contributed by atoms with Gasteiger partial charge in [0, 0.05) is 17.8 Å². The molecule has 1 aliphatic rings. The fourth-order valence-electron chi connectivity index (χ4n) is 2.69. The first kappa shape index (κ1) is 13.0. The van der Waals surface area contributed by atoms with Gasteiger partial charge in [-0.25, -0.2) is 0 Å². The molecule has 2 N–H and O–H groups in total. The summed E-state index contributed by atoms with van der Waals surface area (Å²) in [6, 6.07) is 13.8. The summed E-state index contributed by atoms with van der Waals surface area (Å²) in [7, 11) is 0. The predicted octanol–water partition coefficient (Wildman–Crippen LogP) is 3.14. The third kappa shape index (κ3) is 2.37. The highest BCUT2D eigenvalue weighted by Crippen LogP contribution is 2.34. The van der Waals surface area contributed by atoms with E-state index in [9.17, 15) is 5.11 Å². The lowest BCUT2D eigenvalue weighted by Gasteiger charge is -2.16. The van der Waals surface area contributed by atoms with Crippen LogP contribution in [-0.2, 0) is 6.42 Å². The van der Waals surface area contributed by atoms with E-state index >= 15 is 0 Å². The Labute approximate surface area is 119 Å². The molecule has 2 aromatic rings. The number of ether oxygens (including phenoxy) is 1. The summed E-state index contributed by atoms with van der Waals surface area (Å²) in [5.41, 5.74) is 4.21. The number of aliphatic hydroxyl groups excluding tert-OH is 1. The number of benzene rings is 2. The summed E-state index contributed by atoms with van der Waals surface area (Å²) < 4.78 is 5.43. The molecule has 0 saturated carbocycles. The molecule has 1 unspecified atom stereocenters. The first-order valence-corrected chi connectivity index (χ1v) is 7.06. The SMILES string of the molecule is CCOc1ccc(C(O)c2cccc3c2NCC3)cc1. The highest BCUT2D eigenvalue weighted by molar-refractivity contribution is 5.63. The largest absolute Gasteiger partial charge is 0.494 e. The average molecular weight is 269 g/mol. The minimum Gasteiger partial charge on any atom is -0.494 e. The van der Waals surface area contributed by atoms with Crippen molar-refractivity contribution in [3.05, 3.63) is 59.2 Å². The van der Waals surface area contributed by atoms with Gasteiger partial charge in [-0.2, -0.15) is 0 Å². The van der Waals surface area contributed by atoms with Crippen LogP contribution in [0.1, 0.15) is 29.7 Å². The van der Waals surface area contributed by atoms with E-state index in [1.807, 2.05) is 43.3 Å². The Kier molecular flexibility index (Phi) is 3.61. The van der Waals surface area contributed by atoms with Gasteiger partial charge in [0.1, 0.15) is 11.9 Å². The molecule has 3 nitrogen and oxygen atoms in total. The van der Waals surface area contributed by atoms with Gasteiger partial charge in [0.15, 0.2) is 0 Å². The summed E-state index contributed by atoms with van der Waals surface area (Å²) in [6.07, 6.45) is 0.422. The van der Waals surface area contributed by atoms with Crippen LogP contribution in [-0.4, -0.2) is 18.3 Å².